The van der Waals surface area contributed by atoms with Gasteiger partial charge in [-0.15, -0.1) is 0 Å². The van der Waals surface area contributed by atoms with E-state index < -0.39 is 0 Å². The number of allylic oxidation sites excluding steroid dienone is 2. The van der Waals surface area contributed by atoms with Crippen molar-refractivity contribution in [2.45, 2.75) is 34.3 Å². The van der Waals surface area contributed by atoms with Crippen molar-refractivity contribution in [3.63, 3.8) is 0 Å². The van der Waals surface area contributed by atoms with Crippen LogP contribution in [0.5, 0.6) is 11.5 Å². The Morgan fingerprint density at radius 2 is 1.73 bits per heavy atom. The lowest BCUT2D eigenvalue weighted by atomic mass is 10.1. The third-order valence-corrected chi connectivity index (χ3v) is 4.94. The summed E-state index contributed by atoms with van der Waals surface area (Å²) in [6.45, 7) is 8.64. The number of para-hydroxylation sites is 1. The summed E-state index contributed by atoms with van der Waals surface area (Å²) < 4.78 is 11.4. The van der Waals surface area contributed by atoms with Crippen molar-refractivity contribution in [1.82, 2.24) is 0 Å². The lowest BCUT2D eigenvalue weighted by Crippen LogP contribution is -2.10. The fraction of sp³-hybridized carbons (Fsp3) is 0.348. The summed E-state index contributed by atoms with van der Waals surface area (Å²) in [4.78, 5) is 12.5. The first-order chi connectivity index (χ1) is 12.4. The first-order valence-electron chi connectivity index (χ1n) is 9.01. The summed E-state index contributed by atoms with van der Waals surface area (Å²) in [6.07, 6.45) is 2.18. The van der Waals surface area contributed by atoms with Gasteiger partial charge in [-0.25, -0.2) is 0 Å². The highest BCUT2D eigenvalue weighted by molar-refractivity contribution is 5.78. The molecular formula is C23H26O3. The summed E-state index contributed by atoms with van der Waals surface area (Å²) >= 11 is 0. The third-order valence-electron chi connectivity index (χ3n) is 4.94. The summed E-state index contributed by atoms with van der Waals surface area (Å²) in [7, 11) is 0. The molecule has 1 fully saturated rings. The molecule has 2 aromatic carbocycles. The van der Waals surface area contributed by atoms with Crippen LogP contribution in [-0.2, 0) is 16.1 Å². The molecule has 0 spiro atoms. The van der Waals surface area contributed by atoms with E-state index >= 15 is 0 Å². The Labute approximate surface area is 155 Å². The molecule has 3 rings (SSSR count). The van der Waals surface area contributed by atoms with Crippen LogP contribution < -0.4 is 4.74 Å². The fourth-order valence-electron chi connectivity index (χ4n) is 3.37. The topological polar surface area (TPSA) is 35.5 Å². The highest BCUT2D eigenvalue weighted by atomic mass is 16.5. The van der Waals surface area contributed by atoms with Crippen LogP contribution in [-0.4, -0.2) is 5.97 Å². The minimum absolute atomic E-state index is 0.0212. The molecule has 1 aliphatic carbocycles. The second-order valence-corrected chi connectivity index (χ2v) is 7.74. The maximum absolute atomic E-state index is 12.5. The first-order valence-corrected chi connectivity index (χ1v) is 9.01. The molecule has 0 unspecified atom stereocenters. The molecule has 0 heterocycles. The Morgan fingerprint density at radius 1 is 1.04 bits per heavy atom. The van der Waals surface area contributed by atoms with Crippen molar-refractivity contribution in [3.8, 4) is 11.5 Å². The molecule has 2 atom stereocenters. The van der Waals surface area contributed by atoms with Gasteiger partial charge in [0.25, 0.3) is 0 Å². The third kappa shape index (κ3) is 4.16. The molecule has 0 radical (unpaired) electrons. The van der Waals surface area contributed by atoms with E-state index in [1.54, 1.807) is 0 Å². The predicted octanol–water partition coefficient (Wildman–Crippen LogP) is 5.76. The summed E-state index contributed by atoms with van der Waals surface area (Å²) in [5.41, 5.74) is 2.14. The number of carbonyl (C=O) groups is 1. The van der Waals surface area contributed by atoms with E-state index in [0.717, 1.165) is 17.1 Å². The van der Waals surface area contributed by atoms with Crippen LogP contribution in [0.3, 0.4) is 0 Å². The zero-order valence-corrected chi connectivity index (χ0v) is 15.9. The standard InChI is InChI=1S/C23H26O3/c1-16(2)13-20-21(23(20,3)4)22(24)25-15-17-9-8-12-19(14-17)26-18-10-6-5-7-11-18/h5-14,20-21H,15H2,1-4H3/t20-,21+/m1/s1. The Morgan fingerprint density at radius 3 is 2.42 bits per heavy atom. The van der Waals surface area contributed by atoms with Crippen LogP contribution in [0.25, 0.3) is 0 Å². The molecule has 2 aromatic rings. The van der Waals surface area contributed by atoms with Gasteiger partial charge in [0.1, 0.15) is 18.1 Å². The number of rotatable bonds is 6. The van der Waals surface area contributed by atoms with Crippen LogP contribution in [0.2, 0.25) is 0 Å². The molecule has 0 aromatic heterocycles. The monoisotopic (exact) mass is 350 g/mol. The number of carbonyl (C=O) groups excluding carboxylic acids is 1. The average molecular weight is 350 g/mol. The van der Waals surface area contributed by atoms with E-state index in [1.807, 2.05) is 54.6 Å². The van der Waals surface area contributed by atoms with Gasteiger partial charge < -0.3 is 9.47 Å². The first kappa shape index (κ1) is 18.2. The summed E-state index contributed by atoms with van der Waals surface area (Å²) in [5.74, 6) is 1.62. The summed E-state index contributed by atoms with van der Waals surface area (Å²) in [5, 5.41) is 0. The number of ether oxygens (including phenoxy) is 2. The largest absolute Gasteiger partial charge is 0.461 e. The quantitative estimate of drug-likeness (QED) is 0.491. The molecule has 136 valence electrons. The van der Waals surface area contributed by atoms with Crippen LogP contribution in [0.1, 0.15) is 33.3 Å². The minimum atomic E-state index is -0.119. The fourth-order valence-corrected chi connectivity index (χ4v) is 3.37. The molecule has 0 saturated heterocycles. The van der Waals surface area contributed by atoms with Crippen molar-refractivity contribution < 1.29 is 14.3 Å². The van der Waals surface area contributed by atoms with Gasteiger partial charge in [-0.2, -0.15) is 0 Å². The highest BCUT2D eigenvalue weighted by Crippen LogP contribution is 2.59. The van der Waals surface area contributed by atoms with Gasteiger partial charge in [-0.3, -0.25) is 4.79 Å². The number of benzene rings is 2. The highest BCUT2D eigenvalue weighted by Gasteiger charge is 2.61. The average Bonchev–Trinajstić information content (AvgIpc) is 3.13. The second kappa shape index (κ2) is 7.36. The lowest BCUT2D eigenvalue weighted by Gasteiger charge is -2.09. The summed E-state index contributed by atoms with van der Waals surface area (Å²) in [6, 6.07) is 17.3. The Balaban J connectivity index is 1.59. The normalized spacial score (nSPS) is 20.2. The zero-order valence-electron chi connectivity index (χ0n) is 15.9. The van der Waals surface area contributed by atoms with Crippen LogP contribution in [0, 0.1) is 17.3 Å². The molecule has 1 aliphatic rings. The van der Waals surface area contributed by atoms with Crippen molar-refractivity contribution in [2.75, 3.05) is 0 Å². The minimum Gasteiger partial charge on any atom is -0.461 e. The van der Waals surface area contributed by atoms with Crippen molar-refractivity contribution in [3.05, 3.63) is 71.8 Å². The van der Waals surface area contributed by atoms with Crippen LogP contribution in [0.4, 0.5) is 0 Å². The molecule has 0 amide bonds. The SMILES string of the molecule is CC(C)=C[C@@H]1[C@@H](C(=O)OCc2cccc(Oc3ccccc3)c2)C1(C)C. The molecule has 26 heavy (non-hydrogen) atoms. The predicted molar refractivity (Wildman–Crippen MR) is 103 cm³/mol. The van der Waals surface area contributed by atoms with Gasteiger partial charge in [0, 0.05) is 0 Å². The van der Waals surface area contributed by atoms with E-state index in [9.17, 15) is 4.79 Å². The number of hydrogen-bond acceptors (Lipinski definition) is 3. The molecular weight excluding hydrogens is 324 g/mol. The van der Waals surface area contributed by atoms with E-state index in [4.69, 9.17) is 9.47 Å². The molecule has 0 bridgehead atoms. The van der Waals surface area contributed by atoms with Crippen LogP contribution >= 0.6 is 0 Å². The van der Waals surface area contributed by atoms with Crippen molar-refractivity contribution >= 4 is 5.97 Å². The maximum Gasteiger partial charge on any atom is 0.310 e. The van der Waals surface area contributed by atoms with Gasteiger partial charge in [-0.1, -0.05) is 55.8 Å². The second-order valence-electron chi connectivity index (χ2n) is 7.74. The Bertz CT molecular complexity index is 801. The zero-order chi connectivity index (χ0) is 18.7. The van der Waals surface area contributed by atoms with E-state index in [1.165, 1.54) is 5.57 Å². The van der Waals surface area contributed by atoms with Gasteiger partial charge >= 0.3 is 5.97 Å². The van der Waals surface area contributed by atoms with Gasteiger partial charge in [0.05, 0.1) is 5.92 Å². The van der Waals surface area contributed by atoms with E-state index in [-0.39, 0.29) is 29.8 Å². The molecule has 3 nitrogen and oxygen atoms in total. The molecule has 0 N–H and O–H groups in total. The Hall–Kier alpha value is -2.55. The Kier molecular flexibility index (Phi) is 5.17. The van der Waals surface area contributed by atoms with Crippen molar-refractivity contribution in [2.24, 2.45) is 17.3 Å². The van der Waals surface area contributed by atoms with E-state index in [0.29, 0.717) is 0 Å². The van der Waals surface area contributed by atoms with Crippen molar-refractivity contribution in [1.29, 1.82) is 0 Å². The molecule has 0 aliphatic heterocycles. The van der Waals surface area contributed by atoms with Gasteiger partial charge in [0.2, 0.25) is 0 Å². The van der Waals surface area contributed by atoms with Crippen LogP contribution in [0.15, 0.2) is 66.2 Å². The maximum atomic E-state index is 12.5. The number of hydrogen-bond donors (Lipinski definition) is 0. The van der Waals surface area contributed by atoms with Gasteiger partial charge in [0.15, 0.2) is 0 Å². The molecule has 1 saturated carbocycles. The number of esters is 1. The van der Waals surface area contributed by atoms with Gasteiger partial charge in [-0.05, 0) is 55.0 Å². The smallest absolute Gasteiger partial charge is 0.310 e. The lowest BCUT2D eigenvalue weighted by molar-refractivity contribution is -0.147. The van der Waals surface area contributed by atoms with E-state index in [2.05, 4.69) is 33.8 Å². The molecule has 3 heteroatoms.